The Labute approximate surface area is 301 Å². The highest BCUT2D eigenvalue weighted by Crippen LogP contribution is 2.39. The molecule has 0 amide bonds. The lowest BCUT2D eigenvalue weighted by Crippen LogP contribution is -2.12. The molecule has 246 valence electrons. The molecule has 0 aliphatic rings. The van der Waals surface area contributed by atoms with Gasteiger partial charge in [-0.1, -0.05) is 127 Å². The Morgan fingerprint density at radius 1 is 0.137 bits per heavy atom. The van der Waals surface area contributed by atoms with Crippen LogP contribution in [0.5, 0.6) is 0 Å². The van der Waals surface area contributed by atoms with Crippen molar-refractivity contribution in [2.75, 3.05) is 14.7 Å². The molecule has 0 aliphatic heterocycles. The fraction of sp³-hybridized carbons (Fsp3) is 0. The molecule has 3 heteroatoms. The Kier molecular flexibility index (Phi) is 10.6. The van der Waals surface area contributed by atoms with E-state index < -0.39 is 0 Å². The predicted molar refractivity (Wildman–Crippen MR) is 217 cm³/mol. The van der Waals surface area contributed by atoms with Crippen molar-refractivity contribution in [3.63, 3.8) is 0 Å². The van der Waals surface area contributed by atoms with Crippen LogP contribution in [0.3, 0.4) is 0 Å². The van der Waals surface area contributed by atoms with Gasteiger partial charge in [0, 0.05) is 51.2 Å². The number of rotatable bonds is 9. The molecule has 0 atom stereocenters. The zero-order chi connectivity index (χ0) is 34.5. The van der Waals surface area contributed by atoms with Gasteiger partial charge in [-0.2, -0.15) is 0 Å². The van der Waals surface area contributed by atoms with Crippen LogP contribution in [0.25, 0.3) is 0 Å². The number of nitrogens with zero attached hydrogens (tertiary/aromatic N) is 3. The molecule has 0 N–H and O–H groups in total. The summed E-state index contributed by atoms with van der Waals surface area (Å²) in [6.45, 7) is 0. The van der Waals surface area contributed by atoms with Gasteiger partial charge in [0.05, 0.1) is 0 Å². The lowest BCUT2D eigenvalue weighted by atomic mass is 10.1. The topological polar surface area (TPSA) is 9.72 Å². The van der Waals surface area contributed by atoms with Crippen molar-refractivity contribution in [2.24, 2.45) is 0 Å². The van der Waals surface area contributed by atoms with Crippen LogP contribution in [-0.2, 0) is 0 Å². The standard InChI is InChI=1S/C30H24N2.C18H15N/c1-5-13-25(14-6-1)31(26-15-7-2-8-16-26)29-21-23-30(24-22-29)32(27-17-9-3-10-18-27)28-19-11-4-12-20-28;1-4-10-16(11-5-1)19(17-12-6-2-7-13-17)18-14-8-3-9-15-18/h1-24H;1-15H. The van der Waals surface area contributed by atoms with Crippen molar-refractivity contribution < 1.29 is 0 Å². The van der Waals surface area contributed by atoms with Gasteiger partial charge in [-0.15, -0.1) is 0 Å². The maximum Gasteiger partial charge on any atom is 0.0463 e. The molecule has 0 spiro atoms. The average Bonchev–Trinajstić information content (AvgIpc) is 3.22. The fourth-order valence-electron chi connectivity index (χ4n) is 6.13. The van der Waals surface area contributed by atoms with Crippen LogP contribution >= 0.6 is 0 Å². The third-order valence-corrected chi connectivity index (χ3v) is 8.47. The van der Waals surface area contributed by atoms with Gasteiger partial charge >= 0.3 is 0 Å². The van der Waals surface area contributed by atoms with Crippen LogP contribution in [-0.4, -0.2) is 0 Å². The molecule has 8 aromatic rings. The molecule has 0 radical (unpaired) electrons. The number of hydrogen-bond donors (Lipinski definition) is 0. The number of benzene rings is 8. The second kappa shape index (κ2) is 16.5. The average molecular weight is 658 g/mol. The third-order valence-electron chi connectivity index (χ3n) is 8.47. The van der Waals surface area contributed by atoms with E-state index in [1.54, 1.807) is 0 Å². The maximum absolute atomic E-state index is 2.28. The van der Waals surface area contributed by atoms with Crippen LogP contribution in [0.4, 0.5) is 51.2 Å². The molecular formula is C48H39N3. The van der Waals surface area contributed by atoms with Crippen molar-refractivity contribution in [1.29, 1.82) is 0 Å². The second-order valence-corrected chi connectivity index (χ2v) is 11.9. The van der Waals surface area contributed by atoms with Gasteiger partial charge in [-0.25, -0.2) is 0 Å². The molecule has 3 nitrogen and oxygen atoms in total. The van der Waals surface area contributed by atoms with Crippen LogP contribution in [0.1, 0.15) is 0 Å². The molecule has 0 bridgehead atoms. The van der Waals surface area contributed by atoms with E-state index in [4.69, 9.17) is 0 Å². The first kappa shape index (κ1) is 32.7. The van der Waals surface area contributed by atoms with Gasteiger partial charge in [0.15, 0.2) is 0 Å². The minimum absolute atomic E-state index is 1.12. The van der Waals surface area contributed by atoms with E-state index in [2.05, 4.69) is 209 Å². The first-order valence-electron chi connectivity index (χ1n) is 17.2. The van der Waals surface area contributed by atoms with E-state index in [1.165, 1.54) is 17.1 Å². The summed E-state index contributed by atoms with van der Waals surface area (Å²) in [5.41, 5.74) is 10.3. The first-order chi connectivity index (χ1) is 25.3. The Morgan fingerprint density at radius 2 is 0.255 bits per heavy atom. The van der Waals surface area contributed by atoms with Crippen molar-refractivity contribution in [1.82, 2.24) is 0 Å². The van der Waals surface area contributed by atoms with Crippen molar-refractivity contribution in [3.05, 3.63) is 237 Å². The summed E-state index contributed by atoms with van der Waals surface area (Å²) >= 11 is 0. The SMILES string of the molecule is c1ccc(N(c2ccccc2)c2ccc(N(c3ccccc3)c3ccccc3)cc2)cc1.c1ccc(N(c2ccccc2)c2ccccc2)cc1. The van der Waals surface area contributed by atoms with Gasteiger partial charge in [0.2, 0.25) is 0 Å². The smallest absolute Gasteiger partial charge is 0.0463 e. The van der Waals surface area contributed by atoms with Crippen molar-refractivity contribution in [2.45, 2.75) is 0 Å². The zero-order valence-corrected chi connectivity index (χ0v) is 28.4. The van der Waals surface area contributed by atoms with Gasteiger partial charge in [-0.3, -0.25) is 0 Å². The maximum atomic E-state index is 2.28. The van der Waals surface area contributed by atoms with Crippen LogP contribution in [0.2, 0.25) is 0 Å². The monoisotopic (exact) mass is 657 g/mol. The number of hydrogen-bond acceptors (Lipinski definition) is 3. The summed E-state index contributed by atoms with van der Waals surface area (Å²) in [7, 11) is 0. The largest absolute Gasteiger partial charge is 0.311 e. The van der Waals surface area contributed by atoms with Crippen LogP contribution in [0.15, 0.2) is 237 Å². The highest BCUT2D eigenvalue weighted by molar-refractivity contribution is 5.81. The fourth-order valence-corrected chi connectivity index (χ4v) is 6.13. The Morgan fingerprint density at radius 3 is 0.392 bits per heavy atom. The van der Waals surface area contributed by atoms with E-state index in [1.807, 2.05) is 42.5 Å². The Hall–Kier alpha value is -6.84. The Balaban J connectivity index is 0.000000182. The van der Waals surface area contributed by atoms with Gasteiger partial charge in [0.1, 0.15) is 0 Å². The quantitative estimate of drug-likeness (QED) is 0.153. The molecule has 8 aromatic carbocycles. The summed E-state index contributed by atoms with van der Waals surface area (Å²) in [4.78, 5) is 6.80. The molecule has 0 saturated carbocycles. The summed E-state index contributed by atoms with van der Waals surface area (Å²) in [6, 6.07) is 81.9. The number of para-hydroxylation sites is 7. The summed E-state index contributed by atoms with van der Waals surface area (Å²) in [6.07, 6.45) is 0. The van der Waals surface area contributed by atoms with Gasteiger partial charge < -0.3 is 14.7 Å². The number of anilines is 9. The molecule has 0 aliphatic carbocycles. The molecule has 0 unspecified atom stereocenters. The van der Waals surface area contributed by atoms with Crippen molar-refractivity contribution >= 4 is 51.2 Å². The first-order valence-corrected chi connectivity index (χ1v) is 17.2. The normalized spacial score (nSPS) is 10.4. The Bertz CT molecular complexity index is 1890. The lowest BCUT2D eigenvalue weighted by Gasteiger charge is -2.28. The van der Waals surface area contributed by atoms with E-state index in [0.717, 1.165) is 34.1 Å². The molecule has 0 heterocycles. The summed E-state index contributed by atoms with van der Waals surface area (Å²) in [5.74, 6) is 0. The molecule has 0 fully saturated rings. The molecule has 0 aromatic heterocycles. The van der Waals surface area contributed by atoms with Crippen molar-refractivity contribution in [3.8, 4) is 0 Å². The molecular weight excluding hydrogens is 619 g/mol. The second-order valence-electron chi connectivity index (χ2n) is 11.9. The molecule has 8 rings (SSSR count). The van der Waals surface area contributed by atoms with Gasteiger partial charge in [0.25, 0.3) is 0 Å². The van der Waals surface area contributed by atoms with E-state index in [0.29, 0.717) is 0 Å². The van der Waals surface area contributed by atoms with E-state index in [9.17, 15) is 0 Å². The lowest BCUT2D eigenvalue weighted by molar-refractivity contribution is 1.26. The molecule has 0 saturated heterocycles. The summed E-state index contributed by atoms with van der Waals surface area (Å²) in [5, 5.41) is 0. The minimum atomic E-state index is 1.12. The highest BCUT2D eigenvalue weighted by atomic mass is 15.2. The zero-order valence-electron chi connectivity index (χ0n) is 28.4. The predicted octanol–water partition coefficient (Wildman–Crippen LogP) is 13.8. The molecule has 51 heavy (non-hydrogen) atoms. The van der Waals surface area contributed by atoms with E-state index >= 15 is 0 Å². The summed E-state index contributed by atoms with van der Waals surface area (Å²) < 4.78 is 0. The third kappa shape index (κ3) is 8.07. The van der Waals surface area contributed by atoms with E-state index in [-0.39, 0.29) is 0 Å². The minimum Gasteiger partial charge on any atom is -0.311 e. The van der Waals surface area contributed by atoms with Crippen LogP contribution < -0.4 is 14.7 Å². The van der Waals surface area contributed by atoms with Gasteiger partial charge in [-0.05, 0) is 109 Å². The van der Waals surface area contributed by atoms with Crippen LogP contribution in [0, 0.1) is 0 Å². The highest BCUT2D eigenvalue weighted by Gasteiger charge is 2.15.